The van der Waals surface area contributed by atoms with Crippen molar-refractivity contribution in [2.75, 3.05) is 13.7 Å². The Morgan fingerprint density at radius 1 is 1.43 bits per heavy atom. The highest BCUT2D eigenvalue weighted by molar-refractivity contribution is 5.17. The van der Waals surface area contributed by atoms with Crippen LogP contribution in [0.4, 0.5) is 0 Å². The number of aromatic nitrogens is 1. The number of unbranched alkanes of at least 4 members (excludes halogenated alkanes) is 1. The van der Waals surface area contributed by atoms with Crippen molar-refractivity contribution in [1.29, 1.82) is 0 Å². The van der Waals surface area contributed by atoms with Crippen molar-refractivity contribution in [3.05, 3.63) is 23.9 Å². The lowest BCUT2D eigenvalue weighted by atomic mass is 10.3. The minimum Gasteiger partial charge on any atom is -0.478 e. The average molecular weight is 194 g/mol. The molecule has 0 aromatic carbocycles. The van der Waals surface area contributed by atoms with E-state index in [2.05, 4.69) is 17.2 Å². The second-order valence-corrected chi connectivity index (χ2v) is 3.24. The summed E-state index contributed by atoms with van der Waals surface area (Å²) in [4.78, 5) is 4.21. The lowest BCUT2D eigenvalue weighted by molar-refractivity contribution is 0.297. The molecule has 0 aliphatic heterocycles. The lowest BCUT2D eigenvalue weighted by Crippen LogP contribution is -2.05. The zero-order valence-electron chi connectivity index (χ0n) is 8.92. The van der Waals surface area contributed by atoms with Crippen molar-refractivity contribution >= 4 is 0 Å². The molecule has 0 saturated heterocycles. The van der Waals surface area contributed by atoms with Crippen LogP contribution in [0.15, 0.2) is 18.3 Å². The highest BCUT2D eigenvalue weighted by Crippen LogP contribution is 2.07. The van der Waals surface area contributed by atoms with E-state index in [0.29, 0.717) is 0 Å². The molecule has 1 aromatic rings. The van der Waals surface area contributed by atoms with Gasteiger partial charge in [0.15, 0.2) is 0 Å². The van der Waals surface area contributed by atoms with Gasteiger partial charge in [0.1, 0.15) is 0 Å². The average Bonchev–Trinajstić information content (AvgIpc) is 2.21. The number of rotatable bonds is 6. The molecule has 0 saturated carbocycles. The maximum atomic E-state index is 5.45. The molecule has 0 unspecified atom stereocenters. The van der Waals surface area contributed by atoms with Crippen molar-refractivity contribution in [3.63, 3.8) is 0 Å². The van der Waals surface area contributed by atoms with Crippen molar-refractivity contribution in [3.8, 4) is 5.88 Å². The first-order valence-electron chi connectivity index (χ1n) is 5.09. The van der Waals surface area contributed by atoms with E-state index in [1.54, 1.807) is 0 Å². The van der Waals surface area contributed by atoms with Crippen LogP contribution in [0.5, 0.6) is 5.88 Å². The Morgan fingerprint density at radius 2 is 2.29 bits per heavy atom. The fourth-order valence-corrected chi connectivity index (χ4v) is 1.13. The van der Waals surface area contributed by atoms with Crippen LogP contribution in [0.25, 0.3) is 0 Å². The molecule has 0 spiro atoms. The molecule has 0 fully saturated rings. The minimum absolute atomic E-state index is 0.721. The van der Waals surface area contributed by atoms with Crippen LogP contribution in [-0.2, 0) is 6.54 Å². The molecule has 1 N–H and O–H groups in total. The van der Waals surface area contributed by atoms with E-state index in [0.717, 1.165) is 31.9 Å². The molecule has 0 aliphatic carbocycles. The molecule has 1 heterocycles. The number of pyridine rings is 1. The summed E-state index contributed by atoms with van der Waals surface area (Å²) in [5.41, 5.74) is 1.18. The summed E-state index contributed by atoms with van der Waals surface area (Å²) < 4.78 is 5.45. The van der Waals surface area contributed by atoms with Gasteiger partial charge in [0.25, 0.3) is 0 Å². The van der Waals surface area contributed by atoms with Gasteiger partial charge in [0.05, 0.1) is 6.61 Å². The van der Waals surface area contributed by atoms with Crippen molar-refractivity contribution in [2.24, 2.45) is 0 Å². The quantitative estimate of drug-likeness (QED) is 0.703. The zero-order chi connectivity index (χ0) is 10.2. The van der Waals surface area contributed by atoms with Gasteiger partial charge in [-0.2, -0.15) is 0 Å². The molecule has 0 aliphatic rings. The van der Waals surface area contributed by atoms with Crippen LogP contribution < -0.4 is 10.1 Å². The third kappa shape index (κ3) is 3.75. The summed E-state index contributed by atoms with van der Waals surface area (Å²) in [5.74, 6) is 0.721. The first-order chi connectivity index (χ1) is 6.86. The van der Waals surface area contributed by atoms with Gasteiger partial charge in [-0.1, -0.05) is 19.4 Å². The maximum absolute atomic E-state index is 5.45. The third-order valence-corrected chi connectivity index (χ3v) is 1.93. The summed E-state index contributed by atoms with van der Waals surface area (Å²) in [6.45, 7) is 3.75. The molecule has 0 bridgehead atoms. The monoisotopic (exact) mass is 194 g/mol. The molecule has 0 radical (unpaired) electrons. The molecular weight excluding hydrogens is 176 g/mol. The van der Waals surface area contributed by atoms with Gasteiger partial charge in [-0.05, 0) is 19.0 Å². The number of hydrogen-bond donors (Lipinski definition) is 1. The molecular formula is C11H18N2O. The first-order valence-corrected chi connectivity index (χ1v) is 5.09. The molecule has 1 rings (SSSR count). The number of hydrogen-bond acceptors (Lipinski definition) is 3. The first kappa shape index (κ1) is 11.0. The molecule has 78 valence electrons. The Balaban J connectivity index is 2.38. The second kappa shape index (κ2) is 6.38. The van der Waals surface area contributed by atoms with Crippen LogP contribution in [-0.4, -0.2) is 18.6 Å². The Bertz CT molecular complexity index is 246. The van der Waals surface area contributed by atoms with Gasteiger partial charge >= 0.3 is 0 Å². The molecule has 3 nitrogen and oxygen atoms in total. The SMILES string of the molecule is CCCCOc1ccc(CNC)cn1. The number of ether oxygens (including phenoxy) is 1. The molecule has 0 atom stereocenters. The fourth-order valence-electron chi connectivity index (χ4n) is 1.13. The summed E-state index contributed by atoms with van der Waals surface area (Å²) in [6.07, 6.45) is 4.08. The normalized spacial score (nSPS) is 10.1. The Morgan fingerprint density at radius 3 is 2.86 bits per heavy atom. The molecule has 0 amide bonds. The molecule has 1 aromatic heterocycles. The van der Waals surface area contributed by atoms with E-state index in [-0.39, 0.29) is 0 Å². The minimum atomic E-state index is 0.721. The van der Waals surface area contributed by atoms with Gasteiger partial charge in [-0.3, -0.25) is 0 Å². The predicted octanol–water partition coefficient (Wildman–Crippen LogP) is 1.98. The third-order valence-electron chi connectivity index (χ3n) is 1.93. The highest BCUT2D eigenvalue weighted by Gasteiger charge is 1.95. The van der Waals surface area contributed by atoms with Gasteiger partial charge in [-0.25, -0.2) is 4.98 Å². The topological polar surface area (TPSA) is 34.1 Å². The van der Waals surface area contributed by atoms with Gasteiger partial charge in [0.2, 0.25) is 5.88 Å². The second-order valence-electron chi connectivity index (χ2n) is 3.24. The van der Waals surface area contributed by atoms with Crippen molar-refractivity contribution < 1.29 is 4.74 Å². The number of nitrogens with one attached hydrogen (secondary N) is 1. The Kier molecular flexibility index (Phi) is 5.00. The van der Waals surface area contributed by atoms with Crippen LogP contribution in [0.3, 0.4) is 0 Å². The van der Waals surface area contributed by atoms with E-state index in [1.165, 1.54) is 5.56 Å². The van der Waals surface area contributed by atoms with Crippen LogP contribution in [0.2, 0.25) is 0 Å². The smallest absolute Gasteiger partial charge is 0.213 e. The van der Waals surface area contributed by atoms with Crippen LogP contribution in [0.1, 0.15) is 25.3 Å². The summed E-state index contributed by atoms with van der Waals surface area (Å²) in [6, 6.07) is 3.95. The standard InChI is InChI=1S/C11H18N2O/c1-3-4-7-14-11-6-5-10(8-12-2)9-13-11/h5-6,9,12H,3-4,7-8H2,1-2H3. The molecule has 14 heavy (non-hydrogen) atoms. The summed E-state index contributed by atoms with van der Waals surface area (Å²) in [7, 11) is 1.92. The number of nitrogens with zero attached hydrogens (tertiary/aromatic N) is 1. The van der Waals surface area contributed by atoms with Crippen LogP contribution >= 0.6 is 0 Å². The van der Waals surface area contributed by atoms with E-state index >= 15 is 0 Å². The van der Waals surface area contributed by atoms with Gasteiger partial charge in [-0.15, -0.1) is 0 Å². The van der Waals surface area contributed by atoms with E-state index in [1.807, 2.05) is 25.4 Å². The fraction of sp³-hybridized carbons (Fsp3) is 0.545. The summed E-state index contributed by atoms with van der Waals surface area (Å²) >= 11 is 0. The maximum Gasteiger partial charge on any atom is 0.213 e. The van der Waals surface area contributed by atoms with E-state index < -0.39 is 0 Å². The largest absolute Gasteiger partial charge is 0.478 e. The van der Waals surface area contributed by atoms with E-state index in [9.17, 15) is 0 Å². The Hall–Kier alpha value is -1.09. The molecule has 3 heteroatoms. The van der Waals surface area contributed by atoms with Crippen molar-refractivity contribution in [2.45, 2.75) is 26.3 Å². The summed E-state index contributed by atoms with van der Waals surface area (Å²) in [5, 5.41) is 3.07. The highest BCUT2D eigenvalue weighted by atomic mass is 16.5. The lowest BCUT2D eigenvalue weighted by Gasteiger charge is -2.04. The van der Waals surface area contributed by atoms with Crippen LogP contribution in [0, 0.1) is 0 Å². The Labute approximate surface area is 85.5 Å². The predicted molar refractivity (Wildman–Crippen MR) is 57.4 cm³/mol. The van der Waals surface area contributed by atoms with Gasteiger partial charge in [0, 0.05) is 18.8 Å². The van der Waals surface area contributed by atoms with Crippen molar-refractivity contribution in [1.82, 2.24) is 10.3 Å². The zero-order valence-corrected chi connectivity index (χ0v) is 8.92. The van der Waals surface area contributed by atoms with E-state index in [4.69, 9.17) is 4.74 Å². The van der Waals surface area contributed by atoms with Gasteiger partial charge < -0.3 is 10.1 Å².